The van der Waals surface area contributed by atoms with Gasteiger partial charge in [0, 0.05) is 18.8 Å². The first-order chi connectivity index (χ1) is 17.5. The van der Waals surface area contributed by atoms with Crippen molar-refractivity contribution in [2.24, 2.45) is 0 Å². The number of aromatic nitrogens is 3. The first kappa shape index (κ1) is 23.7. The quantitative estimate of drug-likeness (QED) is 0.405. The molecular formula is C26H26FN5O4. The van der Waals surface area contributed by atoms with E-state index in [2.05, 4.69) is 15.6 Å². The van der Waals surface area contributed by atoms with Gasteiger partial charge in [-0.2, -0.15) is 0 Å². The number of nitrogens with zero attached hydrogens (tertiary/aromatic N) is 4. The first-order valence-corrected chi connectivity index (χ1v) is 11.8. The normalized spacial score (nSPS) is 16.2. The molecule has 9 nitrogen and oxygen atoms in total. The lowest BCUT2D eigenvalue weighted by Crippen LogP contribution is -2.46. The fourth-order valence-electron chi connectivity index (χ4n) is 4.37. The summed E-state index contributed by atoms with van der Waals surface area (Å²) in [6.45, 7) is 2.55. The number of carbonyl (C=O) groups excluding carboxylic acids is 2. The summed E-state index contributed by atoms with van der Waals surface area (Å²) in [5.41, 5.74) is 1.67. The number of para-hydroxylation sites is 1. The monoisotopic (exact) mass is 491 g/mol. The number of furan rings is 1. The van der Waals surface area contributed by atoms with Gasteiger partial charge < -0.3 is 14.5 Å². The average molecular weight is 492 g/mol. The van der Waals surface area contributed by atoms with Crippen molar-refractivity contribution in [1.29, 1.82) is 0 Å². The Kier molecular flexibility index (Phi) is 6.77. The molecule has 2 atom stereocenters. The van der Waals surface area contributed by atoms with Gasteiger partial charge in [-0.25, -0.2) is 9.07 Å². The molecule has 1 fully saturated rings. The van der Waals surface area contributed by atoms with Gasteiger partial charge in [-0.15, -0.1) is 5.10 Å². The molecule has 186 valence electrons. The molecular weight excluding hydrogens is 465 g/mol. The van der Waals surface area contributed by atoms with Crippen LogP contribution in [-0.2, 0) is 20.9 Å². The minimum atomic E-state index is -1.13. The molecule has 1 saturated heterocycles. The highest BCUT2D eigenvalue weighted by molar-refractivity contribution is 6.01. The van der Waals surface area contributed by atoms with E-state index in [4.69, 9.17) is 9.15 Å². The second-order valence-corrected chi connectivity index (χ2v) is 8.71. The van der Waals surface area contributed by atoms with Crippen LogP contribution < -0.4 is 10.2 Å². The number of aryl methyl sites for hydroxylation is 1. The van der Waals surface area contributed by atoms with Crippen LogP contribution in [0.25, 0.3) is 11.0 Å². The van der Waals surface area contributed by atoms with Crippen molar-refractivity contribution in [1.82, 2.24) is 20.3 Å². The summed E-state index contributed by atoms with van der Waals surface area (Å²) in [5.74, 6) is -0.444. The fraction of sp³-hybridized carbons (Fsp3) is 0.308. The molecule has 10 heteroatoms. The van der Waals surface area contributed by atoms with Crippen molar-refractivity contribution >= 4 is 28.5 Å². The molecule has 2 aromatic heterocycles. The average Bonchev–Trinajstić information content (AvgIpc) is 3.64. The number of benzene rings is 2. The Morgan fingerprint density at radius 2 is 1.97 bits per heavy atom. The lowest BCUT2D eigenvalue weighted by atomic mass is 10.1. The topological polar surface area (TPSA) is 102 Å². The van der Waals surface area contributed by atoms with E-state index in [1.165, 1.54) is 33.8 Å². The van der Waals surface area contributed by atoms with Crippen molar-refractivity contribution in [2.75, 3.05) is 18.1 Å². The van der Waals surface area contributed by atoms with Crippen LogP contribution in [0.4, 0.5) is 10.1 Å². The maximum atomic E-state index is 13.8. The lowest BCUT2D eigenvalue weighted by molar-refractivity contribution is -0.127. The summed E-state index contributed by atoms with van der Waals surface area (Å²) in [7, 11) is 0. The molecule has 0 aliphatic carbocycles. The van der Waals surface area contributed by atoms with E-state index < -0.39 is 23.7 Å². The Bertz CT molecular complexity index is 1360. The standard InChI is InChI=1S/C26H26FN5O4/c1-17-8-13-23(36-17)25(26(34)28-15-20-5-4-14-35-20)32(19-11-9-18(27)10-12-19)24(33)16-31-22-7-3-2-6-21(22)29-30-31/h2-3,6-13,20,25H,4-5,14-16H2,1H3,(H,28,34)/t20-,25+/m0/s1. The number of halogens is 1. The SMILES string of the molecule is Cc1ccc([C@H](C(=O)NC[C@@H]2CCCO2)N(C(=O)Cn2nnc3ccccc32)c2ccc(F)cc2)o1. The second kappa shape index (κ2) is 10.3. The summed E-state index contributed by atoms with van der Waals surface area (Å²) in [6.07, 6.45) is 1.71. The van der Waals surface area contributed by atoms with Crippen molar-refractivity contribution in [3.05, 3.63) is 78.0 Å². The predicted molar refractivity (Wildman–Crippen MR) is 130 cm³/mol. The van der Waals surface area contributed by atoms with Crippen LogP contribution in [0.2, 0.25) is 0 Å². The number of ether oxygens (including phenoxy) is 1. The van der Waals surface area contributed by atoms with Gasteiger partial charge in [0.1, 0.15) is 29.4 Å². The third kappa shape index (κ3) is 4.99. The minimum Gasteiger partial charge on any atom is -0.464 e. The summed E-state index contributed by atoms with van der Waals surface area (Å²) in [6, 6.07) is 15.0. The van der Waals surface area contributed by atoms with E-state index in [0.29, 0.717) is 41.4 Å². The number of rotatable bonds is 8. The molecule has 0 saturated carbocycles. The number of hydrogen-bond donors (Lipinski definition) is 1. The third-order valence-electron chi connectivity index (χ3n) is 6.14. The number of anilines is 1. The van der Waals surface area contributed by atoms with Crippen LogP contribution in [-0.4, -0.2) is 46.1 Å². The Hall–Kier alpha value is -4.05. The smallest absolute Gasteiger partial charge is 0.251 e. The maximum Gasteiger partial charge on any atom is 0.251 e. The largest absolute Gasteiger partial charge is 0.464 e. The van der Waals surface area contributed by atoms with E-state index in [1.807, 2.05) is 18.2 Å². The van der Waals surface area contributed by atoms with E-state index in [1.54, 1.807) is 25.1 Å². The number of amides is 2. The first-order valence-electron chi connectivity index (χ1n) is 11.8. The highest BCUT2D eigenvalue weighted by Crippen LogP contribution is 2.30. The molecule has 2 aromatic carbocycles. The van der Waals surface area contributed by atoms with Gasteiger partial charge in [-0.05, 0) is 68.3 Å². The Morgan fingerprint density at radius 1 is 1.17 bits per heavy atom. The molecule has 0 spiro atoms. The van der Waals surface area contributed by atoms with Crippen molar-refractivity contribution in [2.45, 2.75) is 38.5 Å². The van der Waals surface area contributed by atoms with Crippen LogP contribution in [0.1, 0.15) is 30.4 Å². The number of hydrogen-bond acceptors (Lipinski definition) is 6. The molecule has 0 bridgehead atoms. The molecule has 36 heavy (non-hydrogen) atoms. The number of carbonyl (C=O) groups is 2. The van der Waals surface area contributed by atoms with Gasteiger partial charge in [-0.1, -0.05) is 17.3 Å². The molecule has 1 aliphatic rings. The van der Waals surface area contributed by atoms with Gasteiger partial charge >= 0.3 is 0 Å². The summed E-state index contributed by atoms with van der Waals surface area (Å²) < 4.78 is 26.7. The van der Waals surface area contributed by atoms with Gasteiger partial charge in [0.25, 0.3) is 5.91 Å². The zero-order chi connectivity index (χ0) is 25.1. The van der Waals surface area contributed by atoms with Crippen molar-refractivity contribution in [3.8, 4) is 0 Å². The summed E-state index contributed by atoms with van der Waals surface area (Å²) in [4.78, 5) is 28.7. The fourth-order valence-corrected chi connectivity index (χ4v) is 4.37. The maximum absolute atomic E-state index is 13.8. The van der Waals surface area contributed by atoms with Gasteiger partial charge in [0.15, 0.2) is 6.04 Å². The van der Waals surface area contributed by atoms with Gasteiger partial charge in [0.2, 0.25) is 5.91 Å². The van der Waals surface area contributed by atoms with Gasteiger partial charge in [-0.3, -0.25) is 14.5 Å². The zero-order valence-electron chi connectivity index (χ0n) is 19.8. The third-order valence-corrected chi connectivity index (χ3v) is 6.14. The minimum absolute atomic E-state index is 0.0792. The predicted octanol–water partition coefficient (Wildman–Crippen LogP) is 3.54. The highest BCUT2D eigenvalue weighted by atomic mass is 19.1. The van der Waals surface area contributed by atoms with Crippen LogP contribution in [0.5, 0.6) is 0 Å². The molecule has 4 aromatic rings. The Labute approximate surface area is 206 Å². The highest BCUT2D eigenvalue weighted by Gasteiger charge is 2.36. The summed E-state index contributed by atoms with van der Waals surface area (Å²) >= 11 is 0. The Morgan fingerprint density at radius 3 is 2.69 bits per heavy atom. The molecule has 1 aliphatic heterocycles. The molecule has 0 radical (unpaired) electrons. The van der Waals surface area contributed by atoms with E-state index in [9.17, 15) is 14.0 Å². The molecule has 5 rings (SSSR count). The van der Waals surface area contributed by atoms with E-state index >= 15 is 0 Å². The van der Waals surface area contributed by atoms with Crippen LogP contribution in [0.3, 0.4) is 0 Å². The lowest BCUT2D eigenvalue weighted by Gasteiger charge is -2.30. The molecule has 0 unspecified atom stereocenters. The van der Waals surface area contributed by atoms with Gasteiger partial charge in [0.05, 0.1) is 11.6 Å². The number of nitrogens with one attached hydrogen (secondary N) is 1. The number of fused-ring (bicyclic) bond motifs is 1. The van der Waals surface area contributed by atoms with Crippen molar-refractivity contribution in [3.63, 3.8) is 0 Å². The van der Waals surface area contributed by atoms with Crippen LogP contribution >= 0.6 is 0 Å². The molecule has 1 N–H and O–H groups in total. The van der Waals surface area contributed by atoms with Crippen LogP contribution in [0, 0.1) is 12.7 Å². The van der Waals surface area contributed by atoms with E-state index in [0.717, 1.165) is 12.8 Å². The van der Waals surface area contributed by atoms with E-state index in [-0.39, 0.29) is 12.6 Å². The summed E-state index contributed by atoms with van der Waals surface area (Å²) in [5, 5.41) is 11.1. The second-order valence-electron chi connectivity index (χ2n) is 8.71. The molecule has 2 amide bonds. The molecule has 3 heterocycles. The zero-order valence-corrected chi connectivity index (χ0v) is 19.8. The van der Waals surface area contributed by atoms with Crippen molar-refractivity contribution < 1.29 is 23.1 Å². The Balaban J connectivity index is 1.51. The van der Waals surface area contributed by atoms with Crippen LogP contribution in [0.15, 0.2) is 65.1 Å².